The summed E-state index contributed by atoms with van der Waals surface area (Å²) in [4.78, 5) is 10.2. The zero-order valence-electron chi connectivity index (χ0n) is 7.78. The van der Waals surface area contributed by atoms with Gasteiger partial charge in [0.2, 0.25) is 0 Å². The molecular formula is C10H15O3Zn+. The van der Waals surface area contributed by atoms with E-state index in [0.717, 1.165) is 0 Å². The van der Waals surface area contributed by atoms with Gasteiger partial charge in [-0.15, -0.1) is 0 Å². The second-order valence-electron chi connectivity index (χ2n) is 1.80. The minimum atomic E-state index is -1.18. The minimum Gasteiger partial charge on any atom is -0.872 e. The van der Waals surface area contributed by atoms with Crippen molar-refractivity contribution < 1.29 is 34.5 Å². The summed E-state index contributed by atoms with van der Waals surface area (Å²) < 4.78 is 0. The first-order chi connectivity index (χ1) is 5.72. The van der Waals surface area contributed by atoms with E-state index in [0.29, 0.717) is 0 Å². The predicted molar refractivity (Wildman–Crippen MR) is 50.9 cm³/mol. The van der Waals surface area contributed by atoms with Crippen LogP contribution < -0.4 is 5.11 Å². The number of hydrogen-bond acceptors (Lipinski definition) is 2. The van der Waals surface area contributed by atoms with Gasteiger partial charge in [0.1, 0.15) is 0 Å². The molecule has 74 valence electrons. The van der Waals surface area contributed by atoms with E-state index in [1.165, 1.54) is 24.3 Å². The molecule has 0 aromatic heterocycles. The van der Waals surface area contributed by atoms with Crippen LogP contribution in [0.15, 0.2) is 24.3 Å². The fourth-order valence-corrected chi connectivity index (χ4v) is 0.643. The Morgan fingerprint density at radius 1 is 1.29 bits per heavy atom. The van der Waals surface area contributed by atoms with E-state index in [1.54, 1.807) is 0 Å². The van der Waals surface area contributed by atoms with Crippen molar-refractivity contribution in [2.45, 2.75) is 21.3 Å². The second-order valence-corrected chi connectivity index (χ2v) is 1.80. The van der Waals surface area contributed by atoms with Gasteiger partial charge in [-0.1, -0.05) is 45.2 Å². The number of benzene rings is 1. The van der Waals surface area contributed by atoms with Crippen LogP contribution in [-0.4, -0.2) is 11.1 Å². The smallest absolute Gasteiger partial charge is 0.872 e. The zero-order chi connectivity index (χ0) is 9.56. The van der Waals surface area contributed by atoms with Crippen molar-refractivity contribution in [3.63, 3.8) is 0 Å². The third-order valence-corrected chi connectivity index (χ3v) is 1.12. The van der Waals surface area contributed by atoms with Crippen molar-refractivity contribution in [2.24, 2.45) is 0 Å². The van der Waals surface area contributed by atoms with Crippen molar-refractivity contribution in [1.82, 2.24) is 0 Å². The van der Waals surface area contributed by atoms with Crippen molar-refractivity contribution >= 4 is 5.97 Å². The fourth-order valence-electron chi connectivity index (χ4n) is 0.643. The Morgan fingerprint density at radius 2 is 1.71 bits per heavy atom. The van der Waals surface area contributed by atoms with Crippen molar-refractivity contribution in [3.8, 4) is 5.75 Å². The SMILES string of the molecule is C.CC.O=C(O)c1ccccc1[O-].[Zn+2]. The molecule has 4 heteroatoms. The van der Waals surface area contributed by atoms with Gasteiger partial charge >= 0.3 is 25.4 Å². The predicted octanol–water partition coefficient (Wildman–Crippen LogP) is 2.12. The van der Waals surface area contributed by atoms with Gasteiger partial charge in [-0.25, -0.2) is 4.79 Å². The van der Waals surface area contributed by atoms with E-state index < -0.39 is 11.7 Å². The molecule has 1 rings (SSSR count). The Balaban J connectivity index is -0.000000284. The molecule has 0 unspecified atom stereocenters. The van der Waals surface area contributed by atoms with Crippen LogP contribution in [0.3, 0.4) is 0 Å². The number of rotatable bonds is 1. The third-order valence-electron chi connectivity index (χ3n) is 1.12. The normalized spacial score (nSPS) is 7.00. The minimum absolute atomic E-state index is 0. The quantitative estimate of drug-likeness (QED) is 0.775. The second kappa shape index (κ2) is 10.2. The van der Waals surface area contributed by atoms with Crippen LogP contribution in [0.4, 0.5) is 0 Å². The van der Waals surface area contributed by atoms with Gasteiger partial charge < -0.3 is 10.2 Å². The van der Waals surface area contributed by atoms with E-state index in [-0.39, 0.29) is 32.5 Å². The van der Waals surface area contributed by atoms with Crippen LogP contribution in [0.1, 0.15) is 31.6 Å². The number of para-hydroxylation sites is 1. The first kappa shape index (κ1) is 18.8. The van der Waals surface area contributed by atoms with Crippen LogP contribution >= 0.6 is 0 Å². The summed E-state index contributed by atoms with van der Waals surface area (Å²) in [5.41, 5.74) is -0.178. The van der Waals surface area contributed by atoms with Gasteiger partial charge in [-0.05, 0) is 6.07 Å². The van der Waals surface area contributed by atoms with Crippen LogP contribution in [-0.2, 0) is 19.5 Å². The molecule has 0 aliphatic heterocycles. The van der Waals surface area contributed by atoms with E-state index in [2.05, 4.69) is 0 Å². The molecule has 3 nitrogen and oxygen atoms in total. The molecule has 1 aromatic rings. The van der Waals surface area contributed by atoms with E-state index in [9.17, 15) is 9.90 Å². The molecule has 1 N–H and O–H groups in total. The number of aromatic carboxylic acids is 1. The van der Waals surface area contributed by atoms with Crippen LogP contribution in [0.25, 0.3) is 0 Å². The van der Waals surface area contributed by atoms with Crippen LogP contribution in [0, 0.1) is 0 Å². The standard InChI is InChI=1S/C7H6O3.C2H6.CH4.Zn/c8-6-4-2-1-3-5(6)7(9)10;1-2;;/h1-4,8H,(H,9,10);1-2H3;1H4;/q;;;+2/p-1. The zero-order valence-corrected chi connectivity index (χ0v) is 10.7. The molecule has 1 aromatic carbocycles. The summed E-state index contributed by atoms with van der Waals surface area (Å²) in [6.45, 7) is 4.00. The Bertz CT molecular complexity index is 261. The van der Waals surface area contributed by atoms with Gasteiger partial charge in [0, 0.05) is 0 Å². The van der Waals surface area contributed by atoms with E-state index >= 15 is 0 Å². The Kier molecular flexibility index (Phi) is 13.7. The van der Waals surface area contributed by atoms with Crippen molar-refractivity contribution in [3.05, 3.63) is 29.8 Å². The first-order valence-electron chi connectivity index (χ1n) is 3.71. The molecule has 0 spiro atoms. The van der Waals surface area contributed by atoms with Gasteiger partial charge in [-0.3, -0.25) is 0 Å². The van der Waals surface area contributed by atoms with Gasteiger partial charge in [0.25, 0.3) is 0 Å². The molecular weight excluding hydrogens is 233 g/mol. The number of carboxylic acids is 1. The molecule has 0 aliphatic carbocycles. The Hall–Kier alpha value is -0.887. The molecule has 0 saturated carbocycles. The van der Waals surface area contributed by atoms with Crippen molar-refractivity contribution in [2.75, 3.05) is 0 Å². The third kappa shape index (κ3) is 5.71. The molecule has 14 heavy (non-hydrogen) atoms. The molecule has 0 atom stereocenters. The van der Waals surface area contributed by atoms with E-state index in [1.807, 2.05) is 13.8 Å². The summed E-state index contributed by atoms with van der Waals surface area (Å²) in [6.07, 6.45) is 0. The maximum atomic E-state index is 10.7. The van der Waals surface area contributed by atoms with Crippen LogP contribution in [0.5, 0.6) is 5.75 Å². The number of hydrogen-bond donors (Lipinski definition) is 1. The average Bonchev–Trinajstić information content (AvgIpc) is 2.08. The molecule has 0 saturated heterocycles. The average molecular weight is 249 g/mol. The molecule has 0 amide bonds. The summed E-state index contributed by atoms with van der Waals surface area (Å²) in [5, 5.41) is 19.0. The maximum Gasteiger partial charge on any atom is 2.00 e. The summed E-state index contributed by atoms with van der Waals surface area (Å²) in [6, 6.07) is 5.54. The Labute approximate surface area is 97.5 Å². The topological polar surface area (TPSA) is 60.4 Å². The molecule has 0 bridgehead atoms. The monoisotopic (exact) mass is 247 g/mol. The van der Waals surface area contributed by atoms with Gasteiger partial charge in [-0.2, -0.15) is 0 Å². The number of carboxylic acid groups (broad SMARTS) is 1. The molecule has 0 radical (unpaired) electrons. The Morgan fingerprint density at radius 3 is 2.00 bits per heavy atom. The van der Waals surface area contributed by atoms with Crippen LogP contribution in [0.2, 0.25) is 0 Å². The summed E-state index contributed by atoms with van der Waals surface area (Å²) in [5.74, 6) is -1.62. The maximum absolute atomic E-state index is 10.7. The van der Waals surface area contributed by atoms with Crippen molar-refractivity contribution in [1.29, 1.82) is 0 Å². The fraction of sp³-hybridized carbons (Fsp3) is 0.300. The van der Waals surface area contributed by atoms with Gasteiger partial charge in [0.05, 0.1) is 5.56 Å². The molecule has 0 fully saturated rings. The largest absolute Gasteiger partial charge is 2.00 e. The van der Waals surface area contributed by atoms with E-state index in [4.69, 9.17) is 5.11 Å². The number of carbonyl (C=O) groups is 1. The molecule has 0 heterocycles. The summed E-state index contributed by atoms with van der Waals surface area (Å²) in [7, 11) is 0. The molecule has 0 aliphatic rings. The van der Waals surface area contributed by atoms with Gasteiger partial charge in [0.15, 0.2) is 0 Å². The first-order valence-corrected chi connectivity index (χ1v) is 3.71. The summed E-state index contributed by atoms with van der Waals surface area (Å²) >= 11 is 0.